The Labute approximate surface area is 68.6 Å². The molecule has 66 valence electrons. The average molecular weight is 158 g/mol. The topological polar surface area (TPSA) is 37.3 Å². The summed E-state index contributed by atoms with van der Waals surface area (Å²) in [6, 6.07) is 0. The normalized spacial score (nSPS) is 11.6. The zero-order valence-corrected chi connectivity index (χ0v) is 7.68. The lowest BCUT2D eigenvalue weighted by Crippen LogP contribution is -2.18. The number of carbonyl (C=O) groups is 1. The van der Waals surface area contributed by atoms with Crippen molar-refractivity contribution in [2.45, 2.75) is 52.1 Å². The van der Waals surface area contributed by atoms with E-state index in [1.54, 1.807) is 13.8 Å². The molecule has 0 rings (SSSR count). The maximum atomic E-state index is 10.8. The molecule has 0 saturated heterocycles. The molecule has 0 bridgehead atoms. The zero-order chi connectivity index (χ0) is 8.91. The molecule has 0 aromatic rings. The van der Waals surface area contributed by atoms with Crippen LogP contribution in [0.2, 0.25) is 0 Å². The fraction of sp³-hybridized carbons (Fsp3) is 0.889. The number of rotatable bonds is 5. The average Bonchev–Trinajstić information content (AvgIpc) is 1.85. The molecular formula is C9H18O2. The van der Waals surface area contributed by atoms with Crippen LogP contribution in [0, 0.1) is 0 Å². The van der Waals surface area contributed by atoms with Gasteiger partial charge in [-0.2, -0.15) is 0 Å². The highest BCUT2D eigenvalue weighted by Crippen LogP contribution is 2.12. The summed E-state index contributed by atoms with van der Waals surface area (Å²) in [5.41, 5.74) is -0.617. The third-order valence-electron chi connectivity index (χ3n) is 1.64. The van der Waals surface area contributed by atoms with E-state index in [2.05, 4.69) is 0 Å². The molecule has 0 amide bonds. The molecule has 0 aromatic carbocycles. The van der Waals surface area contributed by atoms with E-state index < -0.39 is 5.60 Å². The molecule has 0 spiro atoms. The van der Waals surface area contributed by atoms with E-state index in [9.17, 15) is 9.90 Å². The van der Waals surface area contributed by atoms with Crippen molar-refractivity contribution in [3.05, 3.63) is 0 Å². The first-order valence-electron chi connectivity index (χ1n) is 4.20. The predicted octanol–water partition coefficient (Wildman–Crippen LogP) is 1.91. The standard InChI is InChI=1S/C9H18O2/c1-4-8(10)6-5-7-9(2,3)11/h11H,4-7H2,1-3H3. The third kappa shape index (κ3) is 7.53. The Hall–Kier alpha value is -0.370. The number of aliphatic hydroxyl groups is 1. The van der Waals surface area contributed by atoms with Gasteiger partial charge in [0.05, 0.1) is 5.60 Å². The van der Waals surface area contributed by atoms with Crippen molar-refractivity contribution in [3.8, 4) is 0 Å². The molecule has 0 aromatic heterocycles. The van der Waals surface area contributed by atoms with Gasteiger partial charge in [-0.15, -0.1) is 0 Å². The number of carbonyl (C=O) groups excluding carboxylic acids is 1. The molecule has 0 aliphatic rings. The van der Waals surface area contributed by atoms with Gasteiger partial charge in [-0.3, -0.25) is 4.79 Å². The summed E-state index contributed by atoms with van der Waals surface area (Å²) in [5, 5.41) is 9.29. The molecule has 0 atom stereocenters. The van der Waals surface area contributed by atoms with Crippen molar-refractivity contribution < 1.29 is 9.90 Å². The van der Waals surface area contributed by atoms with Gasteiger partial charge in [-0.25, -0.2) is 0 Å². The third-order valence-corrected chi connectivity index (χ3v) is 1.64. The van der Waals surface area contributed by atoms with Crippen LogP contribution < -0.4 is 0 Å². The van der Waals surface area contributed by atoms with Gasteiger partial charge >= 0.3 is 0 Å². The van der Waals surface area contributed by atoms with Gasteiger partial charge in [-0.1, -0.05) is 6.92 Å². The second kappa shape index (κ2) is 4.50. The van der Waals surface area contributed by atoms with E-state index >= 15 is 0 Å². The minimum atomic E-state index is -0.617. The fourth-order valence-corrected chi connectivity index (χ4v) is 0.895. The summed E-state index contributed by atoms with van der Waals surface area (Å²) in [5.74, 6) is 0.286. The highest BCUT2D eigenvalue weighted by Gasteiger charge is 2.11. The summed E-state index contributed by atoms with van der Waals surface area (Å²) in [7, 11) is 0. The van der Waals surface area contributed by atoms with E-state index in [0.717, 1.165) is 6.42 Å². The van der Waals surface area contributed by atoms with Gasteiger partial charge in [0, 0.05) is 12.8 Å². The van der Waals surface area contributed by atoms with Gasteiger partial charge in [-0.05, 0) is 26.7 Å². The Morgan fingerprint density at radius 3 is 2.36 bits per heavy atom. The molecule has 0 fully saturated rings. The Kier molecular flexibility index (Phi) is 4.34. The second-order valence-electron chi connectivity index (χ2n) is 3.56. The van der Waals surface area contributed by atoms with Gasteiger partial charge < -0.3 is 5.11 Å². The molecule has 0 saturated carbocycles. The van der Waals surface area contributed by atoms with Crippen molar-refractivity contribution in [2.75, 3.05) is 0 Å². The van der Waals surface area contributed by atoms with Crippen LogP contribution in [0.3, 0.4) is 0 Å². The SMILES string of the molecule is CCC(=O)CCCC(C)(C)O. The van der Waals surface area contributed by atoms with Crippen LogP contribution in [0.1, 0.15) is 46.5 Å². The summed E-state index contributed by atoms with van der Waals surface area (Å²) in [6.45, 7) is 5.40. The molecular weight excluding hydrogens is 140 g/mol. The molecule has 0 heterocycles. The number of ketones is 1. The van der Waals surface area contributed by atoms with Crippen LogP contribution in [0.5, 0.6) is 0 Å². The molecule has 0 unspecified atom stereocenters. The largest absolute Gasteiger partial charge is 0.390 e. The summed E-state index contributed by atoms with van der Waals surface area (Å²) >= 11 is 0. The molecule has 2 nitrogen and oxygen atoms in total. The van der Waals surface area contributed by atoms with E-state index in [1.165, 1.54) is 0 Å². The van der Waals surface area contributed by atoms with Crippen LogP contribution in [-0.2, 0) is 4.79 Å². The minimum Gasteiger partial charge on any atom is -0.390 e. The molecule has 0 radical (unpaired) electrons. The van der Waals surface area contributed by atoms with Crippen LogP contribution in [0.4, 0.5) is 0 Å². The van der Waals surface area contributed by atoms with E-state index in [-0.39, 0.29) is 5.78 Å². The fourth-order valence-electron chi connectivity index (χ4n) is 0.895. The van der Waals surface area contributed by atoms with Crippen LogP contribution >= 0.6 is 0 Å². The molecule has 1 N–H and O–H groups in total. The van der Waals surface area contributed by atoms with E-state index in [0.29, 0.717) is 19.3 Å². The van der Waals surface area contributed by atoms with Crippen molar-refractivity contribution in [2.24, 2.45) is 0 Å². The van der Waals surface area contributed by atoms with Crippen molar-refractivity contribution >= 4 is 5.78 Å². The van der Waals surface area contributed by atoms with Gasteiger partial charge in [0.2, 0.25) is 0 Å². The highest BCUT2D eigenvalue weighted by atomic mass is 16.3. The van der Waals surface area contributed by atoms with Crippen LogP contribution in [0.25, 0.3) is 0 Å². The highest BCUT2D eigenvalue weighted by molar-refractivity contribution is 5.77. The molecule has 0 aliphatic heterocycles. The zero-order valence-electron chi connectivity index (χ0n) is 7.68. The Morgan fingerprint density at radius 2 is 2.00 bits per heavy atom. The first-order valence-corrected chi connectivity index (χ1v) is 4.20. The Balaban J connectivity index is 3.35. The van der Waals surface area contributed by atoms with Crippen LogP contribution in [-0.4, -0.2) is 16.5 Å². The van der Waals surface area contributed by atoms with Crippen LogP contribution in [0.15, 0.2) is 0 Å². The summed E-state index contributed by atoms with van der Waals surface area (Å²) < 4.78 is 0. The maximum absolute atomic E-state index is 10.8. The maximum Gasteiger partial charge on any atom is 0.132 e. The molecule has 11 heavy (non-hydrogen) atoms. The number of Topliss-reactive ketones (excluding diaryl/α,β-unsaturated/α-hetero) is 1. The first kappa shape index (κ1) is 10.6. The summed E-state index contributed by atoms with van der Waals surface area (Å²) in [4.78, 5) is 10.8. The van der Waals surface area contributed by atoms with Crippen molar-refractivity contribution in [3.63, 3.8) is 0 Å². The van der Waals surface area contributed by atoms with Gasteiger partial charge in [0.15, 0.2) is 0 Å². The monoisotopic (exact) mass is 158 g/mol. The summed E-state index contributed by atoms with van der Waals surface area (Å²) in [6.07, 6.45) is 2.74. The lowest BCUT2D eigenvalue weighted by atomic mass is 10.0. The van der Waals surface area contributed by atoms with Gasteiger partial charge in [0.1, 0.15) is 5.78 Å². The Morgan fingerprint density at radius 1 is 1.45 bits per heavy atom. The predicted molar refractivity (Wildman–Crippen MR) is 45.4 cm³/mol. The van der Waals surface area contributed by atoms with E-state index in [1.807, 2.05) is 6.92 Å². The Bertz CT molecular complexity index is 122. The lowest BCUT2D eigenvalue weighted by Gasteiger charge is -2.15. The minimum absolute atomic E-state index is 0.286. The quantitative estimate of drug-likeness (QED) is 0.663. The number of hydrogen-bond donors (Lipinski definition) is 1. The molecule has 2 heteroatoms. The second-order valence-corrected chi connectivity index (χ2v) is 3.56. The first-order chi connectivity index (χ1) is 4.95. The molecule has 0 aliphatic carbocycles. The van der Waals surface area contributed by atoms with Crippen molar-refractivity contribution in [1.82, 2.24) is 0 Å². The van der Waals surface area contributed by atoms with Gasteiger partial charge in [0.25, 0.3) is 0 Å². The van der Waals surface area contributed by atoms with Crippen molar-refractivity contribution in [1.29, 1.82) is 0 Å². The lowest BCUT2D eigenvalue weighted by molar-refractivity contribution is -0.119. The smallest absolute Gasteiger partial charge is 0.132 e. The van der Waals surface area contributed by atoms with E-state index in [4.69, 9.17) is 0 Å². The number of hydrogen-bond acceptors (Lipinski definition) is 2.